The normalized spacial score (nSPS) is 12.6. The first-order valence-corrected chi connectivity index (χ1v) is 6.56. The van der Waals surface area contributed by atoms with Crippen molar-refractivity contribution in [2.45, 2.75) is 64.9 Å². The van der Waals surface area contributed by atoms with Crippen molar-refractivity contribution >= 4 is 11.9 Å². The molecule has 1 N–H and O–H groups in total. The van der Waals surface area contributed by atoms with Crippen molar-refractivity contribution in [3.05, 3.63) is 12.2 Å². The summed E-state index contributed by atoms with van der Waals surface area (Å²) in [5, 5.41) is 8.41. The number of hydrogen-bond acceptors (Lipinski definition) is 3. The minimum Gasteiger partial charge on any atom is -0.481 e. The SMILES string of the molecule is CC(=O)O[C@@H](C)CCCCCC/C=C\CC(=O)O. The molecule has 0 saturated carbocycles. The molecule has 0 aromatic heterocycles. The second-order valence-corrected chi connectivity index (χ2v) is 4.48. The molecule has 104 valence electrons. The molecule has 4 heteroatoms. The molecule has 0 amide bonds. The molecular weight excluding hydrogens is 232 g/mol. The van der Waals surface area contributed by atoms with Gasteiger partial charge in [-0.15, -0.1) is 0 Å². The summed E-state index contributed by atoms with van der Waals surface area (Å²) in [6.07, 6.45) is 9.99. The lowest BCUT2D eigenvalue weighted by Crippen LogP contribution is -2.11. The highest BCUT2D eigenvalue weighted by molar-refractivity contribution is 5.68. The van der Waals surface area contributed by atoms with E-state index < -0.39 is 5.97 Å². The molecule has 4 nitrogen and oxygen atoms in total. The summed E-state index contributed by atoms with van der Waals surface area (Å²) >= 11 is 0. The Kier molecular flexibility index (Phi) is 10.0. The van der Waals surface area contributed by atoms with Gasteiger partial charge in [0, 0.05) is 6.92 Å². The fourth-order valence-corrected chi connectivity index (χ4v) is 1.69. The summed E-state index contributed by atoms with van der Waals surface area (Å²) in [6, 6.07) is 0. The quantitative estimate of drug-likeness (QED) is 0.370. The van der Waals surface area contributed by atoms with Crippen LogP contribution in [0.4, 0.5) is 0 Å². The summed E-state index contributed by atoms with van der Waals surface area (Å²) in [5.41, 5.74) is 0. The van der Waals surface area contributed by atoms with Crippen LogP contribution in [0, 0.1) is 0 Å². The molecule has 0 spiro atoms. The predicted molar refractivity (Wildman–Crippen MR) is 70.3 cm³/mol. The average molecular weight is 256 g/mol. The van der Waals surface area contributed by atoms with E-state index in [2.05, 4.69) is 0 Å². The number of aliphatic carboxylic acids is 1. The van der Waals surface area contributed by atoms with E-state index in [4.69, 9.17) is 9.84 Å². The van der Waals surface area contributed by atoms with Gasteiger partial charge in [-0.3, -0.25) is 9.59 Å². The number of carboxylic acids is 1. The van der Waals surface area contributed by atoms with E-state index in [1.54, 1.807) is 6.08 Å². The Labute approximate surface area is 109 Å². The van der Waals surface area contributed by atoms with E-state index in [0.717, 1.165) is 38.5 Å². The number of carboxylic acid groups (broad SMARTS) is 1. The predicted octanol–water partition coefficient (Wildman–Crippen LogP) is 3.31. The molecule has 0 unspecified atom stereocenters. The third kappa shape index (κ3) is 12.7. The van der Waals surface area contributed by atoms with Gasteiger partial charge in [0.2, 0.25) is 0 Å². The highest BCUT2D eigenvalue weighted by Gasteiger charge is 2.04. The molecule has 0 aromatic carbocycles. The minimum absolute atomic E-state index is 0.0120. The molecule has 0 aliphatic rings. The molecule has 0 aromatic rings. The first-order chi connectivity index (χ1) is 8.52. The van der Waals surface area contributed by atoms with Crippen molar-refractivity contribution < 1.29 is 19.4 Å². The molecule has 0 aliphatic heterocycles. The number of unbranched alkanes of at least 4 members (excludes halogenated alkanes) is 4. The number of allylic oxidation sites excluding steroid dienone is 1. The van der Waals surface area contributed by atoms with Gasteiger partial charge < -0.3 is 9.84 Å². The Morgan fingerprint density at radius 2 is 1.83 bits per heavy atom. The average Bonchev–Trinajstić information content (AvgIpc) is 2.25. The second kappa shape index (κ2) is 10.8. The van der Waals surface area contributed by atoms with Crippen molar-refractivity contribution in [2.75, 3.05) is 0 Å². The van der Waals surface area contributed by atoms with Gasteiger partial charge >= 0.3 is 11.9 Å². The fourth-order valence-electron chi connectivity index (χ4n) is 1.69. The number of ether oxygens (including phenoxy) is 1. The molecule has 0 radical (unpaired) electrons. The van der Waals surface area contributed by atoms with Crippen molar-refractivity contribution in [3.63, 3.8) is 0 Å². The molecule has 0 fully saturated rings. The molecule has 18 heavy (non-hydrogen) atoms. The molecule has 0 heterocycles. The first-order valence-electron chi connectivity index (χ1n) is 6.56. The smallest absolute Gasteiger partial charge is 0.307 e. The first kappa shape index (κ1) is 16.7. The fraction of sp³-hybridized carbons (Fsp3) is 0.714. The number of carbonyl (C=O) groups excluding carboxylic acids is 1. The second-order valence-electron chi connectivity index (χ2n) is 4.48. The van der Waals surface area contributed by atoms with Gasteiger partial charge in [0.05, 0.1) is 12.5 Å². The van der Waals surface area contributed by atoms with Crippen LogP contribution in [0.5, 0.6) is 0 Å². The molecule has 1 atom stereocenters. The van der Waals surface area contributed by atoms with Crippen LogP contribution >= 0.6 is 0 Å². The Balaban J connectivity index is 3.28. The molecular formula is C14H24O4. The van der Waals surface area contributed by atoms with Crippen molar-refractivity contribution in [1.82, 2.24) is 0 Å². The largest absolute Gasteiger partial charge is 0.481 e. The zero-order chi connectivity index (χ0) is 13.8. The van der Waals surface area contributed by atoms with Crippen LogP contribution in [0.3, 0.4) is 0 Å². The maximum Gasteiger partial charge on any atom is 0.307 e. The Bertz CT molecular complexity index is 271. The summed E-state index contributed by atoms with van der Waals surface area (Å²) < 4.78 is 5.03. The van der Waals surface area contributed by atoms with Gasteiger partial charge in [0.25, 0.3) is 0 Å². The maximum absolute atomic E-state index is 10.7. The van der Waals surface area contributed by atoms with E-state index >= 15 is 0 Å². The maximum atomic E-state index is 10.7. The van der Waals surface area contributed by atoms with Gasteiger partial charge in [0.15, 0.2) is 0 Å². The summed E-state index contributed by atoms with van der Waals surface area (Å²) in [6.45, 7) is 3.34. The monoisotopic (exact) mass is 256 g/mol. The van der Waals surface area contributed by atoms with Crippen LogP contribution in [0.25, 0.3) is 0 Å². The van der Waals surface area contributed by atoms with Gasteiger partial charge in [-0.2, -0.15) is 0 Å². The zero-order valence-corrected chi connectivity index (χ0v) is 11.4. The van der Waals surface area contributed by atoms with E-state index in [1.807, 2.05) is 13.0 Å². The third-order valence-corrected chi connectivity index (χ3v) is 2.56. The van der Waals surface area contributed by atoms with Gasteiger partial charge in [-0.1, -0.05) is 25.0 Å². The third-order valence-electron chi connectivity index (χ3n) is 2.56. The zero-order valence-electron chi connectivity index (χ0n) is 11.4. The number of carbonyl (C=O) groups is 2. The van der Waals surface area contributed by atoms with Crippen LogP contribution in [0.1, 0.15) is 58.8 Å². The van der Waals surface area contributed by atoms with Crippen molar-refractivity contribution in [2.24, 2.45) is 0 Å². The van der Waals surface area contributed by atoms with Crippen molar-refractivity contribution in [1.29, 1.82) is 0 Å². The molecule has 0 saturated heterocycles. The van der Waals surface area contributed by atoms with Crippen LogP contribution in [-0.2, 0) is 14.3 Å². The van der Waals surface area contributed by atoms with Gasteiger partial charge in [0.1, 0.15) is 0 Å². The number of hydrogen-bond donors (Lipinski definition) is 1. The van der Waals surface area contributed by atoms with Crippen LogP contribution in [0.2, 0.25) is 0 Å². The summed E-state index contributed by atoms with van der Waals surface area (Å²) in [5.74, 6) is -1.00. The van der Waals surface area contributed by atoms with E-state index in [0.29, 0.717) is 0 Å². The number of rotatable bonds is 10. The summed E-state index contributed by atoms with van der Waals surface area (Å²) in [4.78, 5) is 20.9. The van der Waals surface area contributed by atoms with E-state index in [-0.39, 0.29) is 18.5 Å². The molecule has 0 bridgehead atoms. The minimum atomic E-state index is -0.786. The topological polar surface area (TPSA) is 63.6 Å². The van der Waals surface area contributed by atoms with E-state index in [1.165, 1.54) is 6.92 Å². The molecule has 0 aliphatic carbocycles. The Hall–Kier alpha value is -1.32. The summed E-state index contributed by atoms with van der Waals surface area (Å²) in [7, 11) is 0. The Morgan fingerprint density at radius 3 is 2.44 bits per heavy atom. The highest BCUT2D eigenvalue weighted by atomic mass is 16.5. The van der Waals surface area contributed by atoms with E-state index in [9.17, 15) is 9.59 Å². The van der Waals surface area contributed by atoms with Crippen LogP contribution < -0.4 is 0 Å². The standard InChI is InChI=1S/C14H24O4/c1-12(18-13(2)15)10-8-6-4-3-5-7-9-11-14(16)17/h7,9,12H,3-6,8,10-11H2,1-2H3,(H,16,17)/b9-7-/t12-/m0/s1. The lowest BCUT2D eigenvalue weighted by Gasteiger charge is -2.10. The van der Waals surface area contributed by atoms with Gasteiger partial charge in [-0.25, -0.2) is 0 Å². The van der Waals surface area contributed by atoms with Crippen LogP contribution in [-0.4, -0.2) is 23.1 Å². The number of esters is 1. The lowest BCUT2D eigenvalue weighted by molar-refractivity contribution is -0.145. The molecule has 0 rings (SSSR count). The van der Waals surface area contributed by atoms with Gasteiger partial charge in [-0.05, 0) is 32.6 Å². The van der Waals surface area contributed by atoms with Crippen LogP contribution in [0.15, 0.2) is 12.2 Å². The lowest BCUT2D eigenvalue weighted by atomic mass is 10.1. The van der Waals surface area contributed by atoms with Crippen molar-refractivity contribution in [3.8, 4) is 0 Å². The Morgan fingerprint density at radius 1 is 1.17 bits per heavy atom. The highest BCUT2D eigenvalue weighted by Crippen LogP contribution is 2.09.